The van der Waals surface area contributed by atoms with Gasteiger partial charge in [-0.25, -0.2) is 9.98 Å². The van der Waals surface area contributed by atoms with Crippen LogP contribution in [0.4, 0.5) is 5.69 Å². The summed E-state index contributed by atoms with van der Waals surface area (Å²) in [6.45, 7) is 5.22. The van der Waals surface area contributed by atoms with E-state index in [0.29, 0.717) is 30.0 Å². The molecule has 1 aliphatic heterocycles. The highest BCUT2D eigenvalue weighted by Gasteiger charge is 2.21. The first-order valence-corrected chi connectivity index (χ1v) is 9.95. The number of hydrogen-bond acceptors (Lipinski definition) is 6. The first-order valence-electron chi connectivity index (χ1n) is 9.95. The molecule has 4 rings (SSSR count). The third-order valence-corrected chi connectivity index (χ3v) is 4.82. The number of aryl methyl sites for hydroxylation is 1. The van der Waals surface area contributed by atoms with E-state index >= 15 is 0 Å². The highest BCUT2D eigenvalue weighted by Crippen LogP contribution is 2.19. The standard InChI is InChI=1S/C19H27N9O/c1-3-20-19(21-11-17-24-18(26-25-17)16-7-5-9-29-16)23-14-6-4-8-28(12-14)15-10-22-27(2)13-15/h5,7,9-10,13-14H,3-4,6,8,11-12H2,1-2H3,(H2,20,21,23)(H,24,25,26). The lowest BCUT2D eigenvalue weighted by Crippen LogP contribution is -2.51. The molecule has 0 spiro atoms. The molecule has 29 heavy (non-hydrogen) atoms. The number of nitrogens with one attached hydrogen (secondary N) is 3. The number of anilines is 1. The van der Waals surface area contributed by atoms with Crippen LogP contribution in [0.25, 0.3) is 11.6 Å². The van der Waals surface area contributed by atoms with Crippen LogP contribution >= 0.6 is 0 Å². The maximum absolute atomic E-state index is 5.33. The van der Waals surface area contributed by atoms with Gasteiger partial charge in [-0.2, -0.15) is 5.10 Å². The van der Waals surface area contributed by atoms with Gasteiger partial charge in [0.2, 0.25) is 5.82 Å². The predicted molar refractivity (Wildman–Crippen MR) is 110 cm³/mol. The maximum Gasteiger partial charge on any atom is 0.216 e. The van der Waals surface area contributed by atoms with Gasteiger partial charge in [-0.05, 0) is 31.9 Å². The Balaban J connectivity index is 1.38. The Morgan fingerprint density at radius 1 is 1.45 bits per heavy atom. The highest BCUT2D eigenvalue weighted by atomic mass is 16.3. The van der Waals surface area contributed by atoms with Crippen molar-refractivity contribution in [1.29, 1.82) is 0 Å². The van der Waals surface area contributed by atoms with Crippen molar-refractivity contribution in [3.63, 3.8) is 0 Å². The van der Waals surface area contributed by atoms with Crippen LogP contribution in [-0.4, -0.2) is 56.6 Å². The molecule has 0 radical (unpaired) electrons. The molecular formula is C19H27N9O. The van der Waals surface area contributed by atoms with Gasteiger partial charge in [-0.1, -0.05) is 0 Å². The summed E-state index contributed by atoms with van der Waals surface area (Å²) in [5.41, 5.74) is 1.16. The van der Waals surface area contributed by atoms with Crippen LogP contribution in [0.5, 0.6) is 0 Å². The number of rotatable bonds is 6. The van der Waals surface area contributed by atoms with Gasteiger partial charge in [-0.3, -0.25) is 9.78 Å². The van der Waals surface area contributed by atoms with Crippen molar-refractivity contribution in [2.24, 2.45) is 12.0 Å². The minimum absolute atomic E-state index is 0.315. The van der Waals surface area contributed by atoms with Crippen molar-refractivity contribution in [3.05, 3.63) is 36.6 Å². The number of aromatic nitrogens is 5. The number of H-pyrrole nitrogens is 1. The summed E-state index contributed by atoms with van der Waals surface area (Å²) in [6.07, 6.45) is 7.81. The van der Waals surface area contributed by atoms with Crippen molar-refractivity contribution in [1.82, 2.24) is 35.6 Å². The molecule has 1 fully saturated rings. The molecule has 3 aromatic heterocycles. The molecule has 4 heterocycles. The van der Waals surface area contributed by atoms with Crippen LogP contribution in [0.2, 0.25) is 0 Å². The van der Waals surface area contributed by atoms with Crippen LogP contribution < -0.4 is 15.5 Å². The molecule has 1 aliphatic rings. The summed E-state index contributed by atoms with van der Waals surface area (Å²) in [5, 5.41) is 18.3. The van der Waals surface area contributed by atoms with Crippen molar-refractivity contribution in [2.75, 3.05) is 24.5 Å². The second kappa shape index (κ2) is 8.80. The quantitative estimate of drug-likeness (QED) is 0.427. The van der Waals surface area contributed by atoms with Crippen LogP contribution in [0.1, 0.15) is 25.6 Å². The predicted octanol–water partition coefficient (Wildman–Crippen LogP) is 1.52. The van der Waals surface area contributed by atoms with E-state index in [2.05, 4.69) is 53.9 Å². The fourth-order valence-electron chi connectivity index (χ4n) is 3.45. The minimum Gasteiger partial charge on any atom is -0.461 e. The van der Waals surface area contributed by atoms with Crippen LogP contribution in [0.3, 0.4) is 0 Å². The first kappa shape index (κ1) is 19.0. The van der Waals surface area contributed by atoms with Crippen molar-refractivity contribution >= 4 is 11.6 Å². The summed E-state index contributed by atoms with van der Waals surface area (Å²) >= 11 is 0. The van der Waals surface area contributed by atoms with E-state index in [9.17, 15) is 0 Å². The zero-order chi connectivity index (χ0) is 20.1. The van der Waals surface area contributed by atoms with Gasteiger partial charge < -0.3 is 20.0 Å². The number of nitrogens with zero attached hydrogens (tertiary/aromatic N) is 6. The Labute approximate surface area is 169 Å². The number of furan rings is 1. The lowest BCUT2D eigenvalue weighted by Gasteiger charge is -2.34. The van der Waals surface area contributed by atoms with E-state index < -0.39 is 0 Å². The van der Waals surface area contributed by atoms with E-state index in [1.165, 1.54) is 0 Å². The second-order valence-electron chi connectivity index (χ2n) is 7.08. The van der Waals surface area contributed by atoms with Gasteiger partial charge in [0.15, 0.2) is 11.7 Å². The Hall–Kier alpha value is -3.30. The molecular weight excluding hydrogens is 370 g/mol. The number of piperidine rings is 1. The molecule has 3 aromatic rings. The summed E-state index contributed by atoms with van der Waals surface area (Å²) in [4.78, 5) is 11.5. The van der Waals surface area contributed by atoms with Crippen molar-refractivity contribution < 1.29 is 4.42 Å². The molecule has 1 saturated heterocycles. The molecule has 1 unspecified atom stereocenters. The topological polar surface area (TPSA) is 112 Å². The van der Waals surface area contributed by atoms with Crippen molar-refractivity contribution in [2.45, 2.75) is 32.4 Å². The van der Waals surface area contributed by atoms with Gasteiger partial charge in [0.05, 0.1) is 18.1 Å². The Kier molecular flexibility index (Phi) is 5.78. The third-order valence-electron chi connectivity index (χ3n) is 4.82. The monoisotopic (exact) mass is 397 g/mol. The molecule has 1 atom stereocenters. The van der Waals surface area contributed by atoms with E-state index in [0.717, 1.165) is 44.1 Å². The molecule has 10 heteroatoms. The number of hydrogen-bond donors (Lipinski definition) is 3. The normalized spacial score (nSPS) is 17.5. The van der Waals surface area contributed by atoms with E-state index in [-0.39, 0.29) is 0 Å². The number of aromatic amines is 1. The van der Waals surface area contributed by atoms with Gasteiger partial charge in [-0.15, -0.1) is 5.10 Å². The molecule has 154 valence electrons. The van der Waals surface area contributed by atoms with E-state index in [1.807, 2.05) is 30.1 Å². The summed E-state index contributed by atoms with van der Waals surface area (Å²) < 4.78 is 7.17. The van der Waals surface area contributed by atoms with Gasteiger partial charge in [0.25, 0.3) is 0 Å². The minimum atomic E-state index is 0.315. The maximum atomic E-state index is 5.33. The molecule has 0 amide bonds. The van der Waals surface area contributed by atoms with Gasteiger partial charge in [0.1, 0.15) is 12.4 Å². The number of aliphatic imine (C=N–C) groups is 1. The van der Waals surface area contributed by atoms with E-state index in [1.54, 1.807) is 6.26 Å². The smallest absolute Gasteiger partial charge is 0.216 e. The summed E-state index contributed by atoms with van der Waals surface area (Å²) in [6, 6.07) is 3.96. The third kappa shape index (κ3) is 4.76. The largest absolute Gasteiger partial charge is 0.461 e. The fraction of sp³-hybridized carbons (Fsp3) is 0.474. The average Bonchev–Trinajstić information content (AvgIpc) is 3.48. The second-order valence-corrected chi connectivity index (χ2v) is 7.08. The molecule has 10 nitrogen and oxygen atoms in total. The molecule has 0 aliphatic carbocycles. The average molecular weight is 397 g/mol. The first-order chi connectivity index (χ1) is 14.2. The van der Waals surface area contributed by atoms with Gasteiger partial charge >= 0.3 is 0 Å². The van der Waals surface area contributed by atoms with Crippen LogP contribution in [-0.2, 0) is 13.6 Å². The Morgan fingerprint density at radius 3 is 3.14 bits per heavy atom. The van der Waals surface area contributed by atoms with E-state index in [4.69, 9.17) is 4.42 Å². The lowest BCUT2D eigenvalue weighted by atomic mass is 10.1. The number of guanidine groups is 1. The van der Waals surface area contributed by atoms with Crippen LogP contribution in [0.15, 0.2) is 40.2 Å². The van der Waals surface area contributed by atoms with Crippen LogP contribution in [0, 0.1) is 0 Å². The van der Waals surface area contributed by atoms with Gasteiger partial charge in [0, 0.05) is 38.9 Å². The van der Waals surface area contributed by atoms with Crippen molar-refractivity contribution in [3.8, 4) is 11.6 Å². The summed E-state index contributed by atoms with van der Waals surface area (Å²) in [5.74, 6) is 2.65. The molecule has 0 bridgehead atoms. The Morgan fingerprint density at radius 2 is 2.38 bits per heavy atom. The molecule has 0 saturated carbocycles. The lowest BCUT2D eigenvalue weighted by molar-refractivity contribution is 0.468. The Bertz CT molecular complexity index is 927. The zero-order valence-corrected chi connectivity index (χ0v) is 16.8. The summed E-state index contributed by atoms with van der Waals surface area (Å²) in [7, 11) is 1.94. The highest BCUT2D eigenvalue weighted by molar-refractivity contribution is 5.80. The molecule has 0 aromatic carbocycles. The fourth-order valence-corrected chi connectivity index (χ4v) is 3.45. The molecule has 3 N–H and O–H groups in total. The zero-order valence-electron chi connectivity index (χ0n) is 16.8. The SMILES string of the molecule is CCNC(=NCc1nc(-c2ccco2)n[nH]1)NC1CCCN(c2cnn(C)c2)C1.